The van der Waals surface area contributed by atoms with E-state index in [4.69, 9.17) is 15.0 Å². The molecule has 0 aliphatic rings. The van der Waals surface area contributed by atoms with Crippen molar-refractivity contribution in [1.82, 2.24) is 33.6 Å². The van der Waals surface area contributed by atoms with Crippen LogP contribution in [0.1, 0.15) is 94.2 Å². The van der Waals surface area contributed by atoms with Gasteiger partial charge >= 0.3 is 0 Å². The Morgan fingerprint density at radius 3 is 1.03 bits per heavy atom. The molecule has 0 atom stereocenters. The molecule has 0 saturated heterocycles. The second kappa shape index (κ2) is 9.39. The third kappa shape index (κ3) is 5.45. The van der Waals surface area contributed by atoms with Gasteiger partial charge in [0.1, 0.15) is 17.5 Å². The van der Waals surface area contributed by atoms with E-state index in [2.05, 4.69) is 99.5 Å². The van der Waals surface area contributed by atoms with E-state index in [0.717, 1.165) is 54.2 Å². The van der Waals surface area contributed by atoms with Crippen molar-refractivity contribution in [3.63, 3.8) is 0 Å². The van der Waals surface area contributed by atoms with Crippen molar-refractivity contribution >= 4 is 0 Å². The fourth-order valence-corrected chi connectivity index (χ4v) is 4.30. The summed E-state index contributed by atoms with van der Waals surface area (Å²) in [5.41, 5.74) is 3.27. The predicted octanol–water partition coefficient (Wildman–Crippen LogP) is 5.15. The fraction of sp³-hybridized carbons (Fsp3) is 0.625. The molecule has 0 saturated carbocycles. The van der Waals surface area contributed by atoms with Gasteiger partial charge in [-0.15, -0.1) is 0 Å². The van der Waals surface area contributed by atoms with E-state index in [9.17, 15) is 0 Å². The number of rotatable bonds is 9. The fourth-order valence-electron chi connectivity index (χ4n) is 4.30. The number of hydrogen-bond donors (Lipinski definition) is 0. The van der Waals surface area contributed by atoms with Crippen LogP contribution < -0.4 is 0 Å². The molecule has 0 amide bonds. The van der Waals surface area contributed by atoms with Crippen molar-refractivity contribution < 1.29 is 0 Å². The van der Waals surface area contributed by atoms with E-state index in [1.54, 1.807) is 0 Å². The first-order valence-corrected chi connectivity index (χ1v) is 11.4. The molecule has 170 valence electrons. The minimum atomic E-state index is 0.406. The molecule has 3 rings (SSSR count). The van der Waals surface area contributed by atoms with Crippen molar-refractivity contribution in [2.24, 2.45) is 0 Å². The summed E-state index contributed by atoms with van der Waals surface area (Å²) in [6, 6.07) is 1.22. The molecule has 0 N–H and O–H groups in total. The number of aromatic nitrogens is 6. The molecule has 0 aromatic carbocycles. The van der Waals surface area contributed by atoms with Crippen LogP contribution in [-0.4, -0.2) is 33.6 Å². The topological polar surface area (TPSA) is 56.7 Å². The van der Waals surface area contributed by atoms with Crippen molar-refractivity contribution in [2.75, 3.05) is 0 Å². The van der Waals surface area contributed by atoms with E-state index in [1.165, 1.54) is 0 Å². The van der Waals surface area contributed by atoms with E-state index in [-0.39, 0.29) is 0 Å². The highest BCUT2D eigenvalue weighted by atomic mass is 15.2. The van der Waals surface area contributed by atoms with Crippen LogP contribution in [0.2, 0.25) is 0 Å². The second-order valence-corrected chi connectivity index (χ2v) is 9.49. The van der Waals surface area contributed by atoms with Crippen molar-refractivity contribution in [2.45, 2.75) is 100 Å². The normalized spacial score (nSPS) is 12.3. The third-order valence-corrected chi connectivity index (χ3v) is 5.73. The average Bonchev–Trinajstić information content (AvgIpc) is 3.32. The van der Waals surface area contributed by atoms with E-state index >= 15 is 0 Å². The van der Waals surface area contributed by atoms with Crippen molar-refractivity contribution in [3.8, 4) is 0 Å². The first kappa shape index (κ1) is 23.3. The molecule has 3 aromatic heterocycles. The van der Waals surface area contributed by atoms with E-state index in [1.807, 2.05) is 0 Å². The molecule has 7 heteroatoms. The van der Waals surface area contributed by atoms with Crippen molar-refractivity contribution in [1.29, 1.82) is 0 Å². The summed E-state index contributed by atoms with van der Waals surface area (Å²) in [4.78, 5) is 16.9. The Balaban J connectivity index is 1.87. The first-order chi connectivity index (χ1) is 14.5. The summed E-state index contributed by atoms with van der Waals surface area (Å²) >= 11 is 0. The lowest BCUT2D eigenvalue weighted by molar-refractivity contribution is 0.239. The molecule has 0 radical (unpaired) electrons. The second-order valence-electron chi connectivity index (χ2n) is 9.49. The van der Waals surface area contributed by atoms with Crippen molar-refractivity contribution in [3.05, 3.63) is 53.1 Å². The van der Waals surface area contributed by atoms with Crippen LogP contribution in [0.5, 0.6) is 0 Å². The lowest BCUT2D eigenvalue weighted by Gasteiger charge is -2.19. The molecule has 0 bridgehead atoms. The summed E-state index contributed by atoms with van der Waals surface area (Å²) in [5, 5.41) is 0. The van der Waals surface area contributed by atoms with Gasteiger partial charge in [-0.2, -0.15) is 0 Å². The summed E-state index contributed by atoms with van der Waals surface area (Å²) < 4.78 is 6.72. The van der Waals surface area contributed by atoms with Gasteiger partial charge in [-0.05, 0) is 62.3 Å². The van der Waals surface area contributed by atoms with Gasteiger partial charge in [0.15, 0.2) is 0 Å². The molecule has 7 nitrogen and oxygen atoms in total. The number of hydrogen-bond acceptors (Lipinski definition) is 4. The Morgan fingerprint density at radius 1 is 0.581 bits per heavy atom. The zero-order valence-corrected chi connectivity index (χ0v) is 20.7. The molecule has 0 unspecified atom stereocenters. The Kier molecular flexibility index (Phi) is 7.04. The number of imidazole rings is 3. The summed E-state index contributed by atoms with van der Waals surface area (Å²) in [6.45, 7) is 21.7. The van der Waals surface area contributed by atoms with Gasteiger partial charge < -0.3 is 13.7 Å². The SMILES string of the molecule is Cc1nc(CN(Cc2cn(C(C)C)c(C)n2)Cc2cn(C(C)C)c(C)n2)cn1C(C)C. The molecule has 3 aromatic rings. The zero-order valence-electron chi connectivity index (χ0n) is 20.7. The Bertz CT molecular complexity index is 874. The predicted molar refractivity (Wildman–Crippen MR) is 125 cm³/mol. The van der Waals surface area contributed by atoms with Gasteiger partial charge in [0, 0.05) is 56.4 Å². The first-order valence-electron chi connectivity index (χ1n) is 11.4. The molecular weight excluding hydrogens is 386 g/mol. The number of aryl methyl sites for hydroxylation is 3. The summed E-state index contributed by atoms with van der Waals surface area (Å²) in [6.07, 6.45) is 6.55. The minimum absolute atomic E-state index is 0.406. The Hall–Kier alpha value is -2.41. The van der Waals surface area contributed by atoms with Crippen LogP contribution in [0.3, 0.4) is 0 Å². The number of nitrogens with zero attached hydrogens (tertiary/aromatic N) is 7. The third-order valence-electron chi connectivity index (χ3n) is 5.73. The molecular formula is C24H39N7. The van der Waals surface area contributed by atoms with Gasteiger partial charge in [-0.1, -0.05) is 0 Å². The quantitative estimate of drug-likeness (QED) is 0.476. The average molecular weight is 426 g/mol. The highest BCUT2D eigenvalue weighted by Gasteiger charge is 2.17. The molecule has 0 spiro atoms. The maximum Gasteiger partial charge on any atom is 0.106 e. The monoisotopic (exact) mass is 425 g/mol. The zero-order chi connectivity index (χ0) is 22.9. The van der Waals surface area contributed by atoms with Gasteiger partial charge in [0.05, 0.1) is 17.1 Å². The largest absolute Gasteiger partial charge is 0.332 e. The lowest BCUT2D eigenvalue weighted by atomic mass is 10.3. The summed E-state index contributed by atoms with van der Waals surface area (Å²) in [5.74, 6) is 3.18. The van der Waals surface area contributed by atoms with Crippen LogP contribution in [0.15, 0.2) is 18.6 Å². The highest BCUT2D eigenvalue weighted by molar-refractivity contribution is 5.09. The van der Waals surface area contributed by atoms with Gasteiger partial charge in [0.2, 0.25) is 0 Å². The Labute approximate surface area is 187 Å². The van der Waals surface area contributed by atoms with E-state index in [0.29, 0.717) is 18.1 Å². The minimum Gasteiger partial charge on any atom is -0.332 e. The molecule has 0 fully saturated rings. The van der Waals surface area contributed by atoms with Gasteiger partial charge in [-0.3, -0.25) is 4.90 Å². The van der Waals surface area contributed by atoms with Gasteiger partial charge in [0.25, 0.3) is 0 Å². The van der Waals surface area contributed by atoms with Crippen LogP contribution in [0.25, 0.3) is 0 Å². The molecule has 0 aliphatic carbocycles. The van der Waals surface area contributed by atoms with E-state index < -0.39 is 0 Å². The Morgan fingerprint density at radius 2 is 0.839 bits per heavy atom. The standard InChI is InChI=1S/C24H39N7/c1-16(2)29-13-22(25-19(29)7)10-28(11-23-14-30(17(3)4)20(8)26-23)12-24-15-31(18(5)6)21(9)27-24/h13-18H,10-12H2,1-9H3. The smallest absolute Gasteiger partial charge is 0.106 e. The molecule has 3 heterocycles. The van der Waals surface area contributed by atoms with Crippen LogP contribution >= 0.6 is 0 Å². The maximum absolute atomic E-state index is 4.83. The lowest BCUT2D eigenvalue weighted by Crippen LogP contribution is -2.23. The highest BCUT2D eigenvalue weighted by Crippen LogP contribution is 2.19. The van der Waals surface area contributed by atoms with Crippen LogP contribution in [-0.2, 0) is 19.6 Å². The molecule has 0 aliphatic heterocycles. The van der Waals surface area contributed by atoms with Gasteiger partial charge in [-0.25, -0.2) is 15.0 Å². The van der Waals surface area contributed by atoms with Crippen LogP contribution in [0.4, 0.5) is 0 Å². The maximum atomic E-state index is 4.83. The molecule has 31 heavy (non-hydrogen) atoms. The van der Waals surface area contributed by atoms with Crippen LogP contribution in [0, 0.1) is 20.8 Å². The summed E-state index contributed by atoms with van der Waals surface area (Å²) in [7, 11) is 0.